The lowest BCUT2D eigenvalue weighted by Gasteiger charge is -2.42. The summed E-state index contributed by atoms with van der Waals surface area (Å²) in [5.41, 5.74) is -1.14. The summed E-state index contributed by atoms with van der Waals surface area (Å²) >= 11 is 0. The number of halogens is 3. The molecule has 2 aliphatic heterocycles. The highest BCUT2D eigenvalue weighted by Crippen LogP contribution is 2.32. The lowest BCUT2D eigenvalue weighted by atomic mass is 10.0. The van der Waals surface area contributed by atoms with Crippen molar-refractivity contribution in [1.29, 1.82) is 0 Å². The largest absolute Gasteiger partial charge is 0.416 e. The van der Waals surface area contributed by atoms with Crippen molar-refractivity contribution in [3.05, 3.63) is 11.9 Å². The van der Waals surface area contributed by atoms with Crippen LogP contribution in [0.2, 0.25) is 0 Å². The number of nitrogens with zero attached hydrogens (tertiary/aromatic N) is 4. The van der Waals surface area contributed by atoms with Crippen LogP contribution in [-0.4, -0.2) is 83.2 Å². The minimum absolute atomic E-state index is 0.0228. The molecule has 11 heteroatoms. The summed E-state index contributed by atoms with van der Waals surface area (Å²) in [6.45, 7) is 3.23. The first-order valence-electron chi connectivity index (χ1n) is 8.17. The molecule has 0 aliphatic carbocycles. The van der Waals surface area contributed by atoms with Crippen molar-refractivity contribution in [2.45, 2.75) is 43.9 Å². The van der Waals surface area contributed by atoms with Crippen molar-refractivity contribution in [1.82, 2.24) is 19.9 Å². The van der Waals surface area contributed by atoms with Crippen LogP contribution in [0.3, 0.4) is 0 Å². The molecule has 0 N–H and O–H groups in total. The predicted molar refractivity (Wildman–Crippen MR) is 81.6 cm³/mol. The van der Waals surface area contributed by atoms with E-state index in [1.807, 2.05) is 0 Å². The molecule has 26 heavy (non-hydrogen) atoms. The van der Waals surface area contributed by atoms with Crippen LogP contribution in [0.15, 0.2) is 6.20 Å². The molecule has 0 saturated carbocycles. The molecule has 1 aromatic heterocycles. The fourth-order valence-electron chi connectivity index (χ4n) is 3.20. The Morgan fingerprint density at radius 1 is 1.38 bits per heavy atom. The SMILES string of the molecule is CO[C@@H]1COC[C@H]1n1cc(C(=O)N2CC(C(F)(F)F)OC(C)(C)C2)nn1. The fraction of sp³-hybridized carbons (Fsp3) is 0.800. The third-order valence-electron chi connectivity index (χ3n) is 4.44. The van der Waals surface area contributed by atoms with Crippen molar-refractivity contribution < 1.29 is 32.2 Å². The van der Waals surface area contributed by atoms with Crippen LogP contribution in [0.25, 0.3) is 0 Å². The first kappa shape index (κ1) is 19.1. The van der Waals surface area contributed by atoms with E-state index in [4.69, 9.17) is 14.2 Å². The zero-order chi connectivity index (χ0) is 19.1. The van der Waals surface area contributed by atoms with Crippen molar-refractivity contribution in [3.8, 4) is 0 Å². The van der Waals surface area contributed by atoms with Gasteiger partial charge >= 0.3 is 6.18 Å². The van der Waals surface area contributed by atoms with E-state index in [9.17, 15) is 18.0 Å². The summed E-state index contributed by atoms with van der Waals surface area (Å²) in [5, 5.41) is 7.75. The molecule has 1 unspecified atom stereocenters. The Morgan fingerprint density at radius 2 is 2.12 bits per heavy atom. The number of amides is 1. The average Bonchev–Trinajstić information content (AvgIpc) is 3.20. The van der Waals surface area contributed by atoms with Gasteiger partial charge in [-0.1, -0.05) is 5.21 Å². The van der Waals surface area contributed by atoms with Gasteiger partial charge in [-0.25, -0.2) is 4.68 Å². The van der Waals surface area contributed by atoms with E-state index in [1.54, 1.807) is 7.11 Å². The highest BCUT2D eigenvalue weighted by molar-refractivity contribution is 5.92. The minimum Gasteiger partial charge on any atom is -0.377 e. The van der Waals surface area contributed by atoms with E-state index in [-0.39, 0.29) is 24.4 Å². The van der Waals surface area contributed by atoms with E-state index in [0.29, 0.717) is 13.2 Å². The Morgan fingerprint density at radius 3 is 2.77 bits per heavy atom. The zero-order valence-corrected chi connectivity index (χ0v) is 14.7. The molecule has 2 fully saturated rings. The summed E-state index contributed by atoms with van der Waals surface area (Å²) in [7, 11) is 1.54. The summed E-state index contributed by atoms with van der Waals surface area (Å²) in [6, 6.07) is -0.238. The maximum absolute atomic E-state index is 13.1. The van der Waals surface area contributed by atoms with Crippen molar-refractivity contribution >= 4 is 5.91 Å². The minimum atomic E-state index is -4.55. The Hall–Kier alpha value is -1.72. The van der Waals surface area contributed by atoms with Crippen molar-refractivity contribution in [2.75, 3.05) is 33.4 Å². The Kier molecular flexibility index (Phi) is 4.97. The van der Waals surface area contributed by atoms with Gasteiger partial charge in [-0.3, -0.25) is 4.79 Å². The van der Waals surface area contributed by atoms with Gasteiger partial charge in [0.15, 0.2) is 11.8 Å². The highest BCUT2D eigenvalue weighted by Gasteiger charge is 2.49. The van der Waals surface area contributed by atoms with Crippen molar-refractivity contribution in [3.63, 3.8) is 0 Å². The third kappa shape index (κ3) is 3.84. The number of carbonyl (C=O) groups is 1. The van der Waals surface area contributed by atoms with E-state index in [2.05, 4.69) is 10.3 Å². The number of morpholine rings is 1. The van der Waals surface area contributed by atoms with Gasteiger partial charge in [0.25, 0.3) is 5.91 Å². The van der Waals surface area contributed by atoms with Gasteiger partial charge in [-0.05, 0) is 13.8 Å². The Balaban J connectivity index is 1.76. The first-order valence-corrected chi connectivity index (χ1v) is 8.17. The standard InChI is InChI=1S/C15H21F3N4O4/c1-14(2)8-21(5-12(26-14)15(16,17)18)13(23)9-4-22(20-19-9)10-6-25-7-11(10)24-3/h4,10-12H,5-8H2,1-3H3/t10-,11-,12?/m1/s1. The number of methoxy groups -OCH3 is 1. The quantitative estimate of drug-likeness (QED) is 0.782. The molecule has 1 amide bonds. The number of ether oxygens (including phenoxy) is 3. The number of rotatable bonds is 3. The summed E-state index contributed by atoms with van der Waals surface area (Å²) < 4.78 is 56.4. The lowest BCUT2D eigenvalue weighted by molar-refractivity contribution is -0.267. The summed E-state index contributed by atoms with van der Waals surface area (Å²) in [6.07, 6.45) is -5.40. The highest BCUT2D eigenvalue weighted by atomic mass is 19.4. The second-order valence-electron chi connectivity index (χ2n) is 7.06. The molecule has 3 rings (SSSR count). The molecular weight excluding hydrogens is 357 g/mol. The van der Waals surface area contributed by atoms with Crippen LogP contribution in [0, 0.1) is 0 Å². The third-order valence-corrected chi connectivity index (χ3v) is 4.44. The predicted octanol–water partition coefficient (Wildman–Crippen LogP) is 1.05. The van der Waals surface area contributed by atoms with E-state index < -0.39 is 30.3 Å². The number of aromatic nitrogens is 3. The van der Waals surface area contributed by atoms with Gasteiger partial charge in [0.05, 0.1) is 31.6 Å². The Bertz CT molecular complexity index is 664. The summed E-state index contributed by atoms with van der Waals surface area (Å²) in [5.74, 6) is -0.616. The summed E-state index contributed by atoms with van der Waals surface area (Å²) in [4.78, 5) is 13.8. The molecule has 0 aromatic carbocycles. The normalized spacial score (nSPS) is 29.2. The topological polar surface area (TPSA) is 78.7 Å². The molecule has 0 spiro atoms. The zero-order valence-electron chi connectivity index (χ0n) is 14.7. The first-order chi connectivity index (χ1) is 12.1. The number of hydrogen-bond acceptors (Lipinski definition) is 6. The van der Waals surface area contributed by atoms with Gasteiger partial charge in [0, 0.05) is 13.7 Å². The molecule has 146 valence electrons. The van der Waals surface area contributed by atoms with Gasteiger partial charge in [-0.15, -0.1) is 5.10 Å². The monoisotopic (exact) mass is 378 g/mol. The Labute approximate surface area is 148 Å². The lowest BCUT2D eigenvalue weighted by Crippen LogP contribution is -2.58. The van der Waals surface area contributed by atoms with E-state index >= 15 is 0 Å². The molecular formula is C15H21F3N4O4. The van der Waals surface area contributed by atoms with Crippen LogP contribution in [-0.2, 0) is 14.2 Å². The molecule has 2 saturated heterocycles. The molecule has 0 radical (unpaired) electrons. The van der Waals surface area contributed by atoms with Crippen LogP contribution < -0.4 is 0 Å². The van der Waals surface area contributed by atoms with Gasteiger partial charge in [0.1, 0.15) is 12.1 Å². The second-order valence-corrected chi connectivity index (χ2v) is 7.06. The van der Waals surface area contributed by atoms with Gasteiger partial charge in [0.2, 0.25) is 0 Å². The molecule has 8 nitrogen and oxygen atoms in total. The van der Waals surface area contributed by atoms with Crippen LogP contribution in [0.4, 0.5) is 13.2 Å². The maximum Gasteiger partial charge on any atom is 0.416 e. The van der Waals surface area contributed by atoms with Crippen molar-refractivity contribution in [2.24, 2.45) is 0 Å². The second kappa shape index (κ2) is 6.78. The number of hydrogen-bond donors (Lipinski definition) is 0. The van der Waals surface area contributed by atoms with Gasteiger partial charge in [-0.2, -0.15) is 13.2 Å². The van der Waals surface area contributed by atoms with Crippen LogP contribution in [0.1, 0.15) is 30.4 Å². The molecule has 3 atom stereocenters. The number of alkyl halides is 3. The molecule has 2 aliphatic rings. The average molecular weight is 378 g/mol. The molecule has 0 bridgehead atoms. The van der Waals surface area contributed by atoms with E-state index in [1.165, 1.54) is 24.7 Å². The number of carbonyl (C=O) groups excluding carboxylic acids is 1. The maximum atomic E-state index is 13.1. The van der Waals surface area contributed by atoms with Crippen LogP contribution in [0.5, 0.6) is 0 Å². The van der Waals surface area contributed by atoms with E-state index in [0.717, 1.165) is 4.90 Å². The van der Waals surface area contributed by atoms with Gasteiger partial charge < -0.3 is 19.1 Å². The van der Waals surface area contributed by atoms with Crippen LogP contribution >= 0.6 is 0 Å². The molecule has 3 heterocycles. The molecule has 1 aromatic rings. The fourth-order valence-corrected chi connectivity index (χ4v) is 3.20. The smallest absolute Gasteiger partial charge is 0.377 e.